The smallest absolute Gasteiger partial charge is 0.0784 e. The summed E-state index contributed by atoms with van der Waals surface area (Å²) in [5.74, 6) is 0. The summed E-state index contributed by atoms with van der Waals surface area (Å²) in [6, 6.07) is 0. The maximum atomic E-state index is 5.77. The number of thiocarbonyl (C=S) groups is 1. The summed E-state index contributed by atoms with van der Waals surface area (Å²) in [6.45, 7) is 12.7. The molecule has 0 aromatic rings. The molecule has 0 bridgehead atoms. The molecule has 3 heteroatoms. The zero-order chi connectivity index (χ0) is 13.8. The van der Waals surface area contributed by atoms with Crippen molar-refractivity contribution in [2.75, 3.05) is 19.6 Å². The maximum Gasteiger partial charge on any atom is 0.0784 e. The number of nitrogens with two attached hydrogens (primary N) is 1. The molecular weight excluding hydrogens is 240 g/mol. The van der Waals surface area contributed by atoms with Crippen molar-refractivity contribution >= 4 is 17.2 Å². The Morgan fingerprint density at radius 1 is 1.33 bits per heavy atom. The summed E-state index contributed by atoms with van der Waals surface area (Å²) in [5, 5.41) is 0. The van der Waals surface area contributed by atoms with Crippen molar-refractivity contribution < 1.29 is 0 Å². The van der Waals surface area contributed by atoms with Crippen LogP contribution in [0.5, 0.6) is 0 Å². The van der Waals surface area contributed by atoms with E-state index in [4.69, 9.17) is 18.0 Å². The zero-order valence-electron chi connectivity index (χ0n) is 12.6. The molecular formula is C15H30N2S. The minimum absolute atomic E-state index is 0.0155. The summed E-state index contributed by atoms with van der Waals surface area (Å²) >= 11 is 5.12. The summed E-state index contributed by atoms with van der Waals surface area (Å²) in [6.07, 6.45) is 6.31. The lowest BCUT2D eigenvalue weighted by Crippen LogP contribution is -2.32. The number of rotatable bonds is 7. The van der Waals surface area contributed by atoms with Crippen LogP contribution in [0.2, 0.25) is 0 Å². The van der Waals surface area contributed by atoms with Gasteiger partial charge in [-0.1, -0.05) is 39.9 Å². The third-order valence-electron chi connectivity index (χ3n) is 4.96. The van der Waals surface area contributed by atoms with Crippen LogP contribution in [0.25, 0.3) is 0 Å². The summed E-state index contributed by atoms with van der Waals surface area (Å²) in [7, 11) is 0. The van der Waals surface area contributed by atoms with Crippen LogP contribution in [0.3, 0.4) is 0 Å². The molecule has 0 atom stereocenters. The van der Waals surface area contributed by atoms with Crippen molar-refractivity contribution in [2.24, 2.45) is 16.6 Å². The van der Waals surface area contributed by atoms with Gasteiger partial charge in [0.15, 0.2) is 0 Å². The van der Waals surface area contributed by atoms with Gasteiger partial charge in [0.05, 0.1) is 4.99 Å². The van der Waals surface area contributed by atoms with Gasteiger partial charge < -0.3 is 10.6 Å². The highest BCUT2D eigenvalue weighted by atomic mass is 32.1. The Morgan fingerprint density at radius 3 is 2.39 bits per heavy atom. The first-order valence-corrected chi connectivity index (χ1v) is 7.78. The molecule has 0 aromatic heterocycles. The first-order valence-electron chi connectivity index (χ1n) is 7.37. The molecule has 106 valence electrons. The van der Waals surface area contributed by atoms with Crippen molar-refractivity contribution in [3.05, 3.63) is 0 Å². The van der Waals surface area contributed by atoms with Gasteiger partial charge in [-0.25, -0.2) is 0 Å². The molecule has 0 unspecified atom stereocenters. The molecule has 0 aliphatic carbocycles. The average molecular weight is 270 g/mol. The molecule has 1 fully saturated rings. The van der Waals surface area contributed by atoms with E-state index in [1.807, 2.05) is 0 Å². The number of hydrogen-bond donors (Lipinski definition) is 1. The largest absolute Gasteiger partial charge is 0.393 e. The highest BCUT2D eigenvalue weighted by Gasteiger charge is 2.34. The van der Waals surface area contributed by atoms with E-state index in [1.165, 1.54) is 45.3 Å². The molecule has 1 saturated heterocycles. The van der Waals surface area contributed by atoms with E-state index in [1.54, 1.807) is 0 Å². The quantitative estimate of drug-likeness (QED) is 0.717. The van der Waals surface area contributed by atoms with E-state index < -0.39 is 0 Å². The second-order valence-electron chi connectivity index (χ2n) is 6.58. The van der Waals surface area contributed by atoms with Gasteiger partial charge in [-0.2, -0.15) is 0 Å². The zero-order valence-corrected chi connectivity index (χ0v) is 13.4. The molecule has 0 amide bonds. The van der Waals surface area contributed by atoms with Gasteiger partial charge in [-0.15, -0.1) is 0 Å². The Morgan fingerprint density at radius 2 is 1.94 bits per heavy atom. The highest BCUT2D eigenvalue weighted by molar-refractivity contribution is 7.80. The van der Waals surface area contributed by atoms with Crippen molar-refractivity contribution in [2.45, 2.75) is 59.8 Å². The average Bonchev–Trinajstić information content (AvgIpc) is 2.73. The van der Waals surface area contributed by atoms with E-state index in [0.717, 1.165) is 6.42 Å². The van der Waals surface area contributed by atoms with Gasteiger partial charge in [-0.3, -0.25) is 0 Å². The predicted molar refractivity (Wildman–Crippen MR) is 83.9 cm³/mol. The van der Waals surface area contributed by atoms with Gasteiger partial charge in [0.2, 0.25) is 0 Å². The van der Waals surface area contributed by atoms with Gasteiger partial charge >= 0.3 is 0 Å². The van der Waals surface area contributed by atoms with Crippen molar-refractivity contribution in [1.29, 1.82) is 0 Å². The standard InChI is InChI=1S/C15H30N2S/c1-5-15(6-2)9-11-17(12-15)10-7-8-14(3,4)13(16)18/h5-12H2,1-4H3,(H2,16,18). The van der Waals surface area contributed by atoms with Crippen molar-refractivity contribution in [3.8, 4) is 0 Å². The maximum absolute atomic E-state index is 5.77. The molecule has 18 heavy (non-hydrogen) atoms. The summed E-state index contributed by atoms with van der Waals surface area (Å²) < 4.78 is 0. The van der Waals surface area contributed by atoms with Crippen molar-refractivity contribution in [1.82, 2.24) is 4.90 Å². The third kappa shape index (κ3) is 3.92. The molecule has 2 N–H and O–H groups in total. The first-order chi connectivity index (χ1) is 8.35. The van der Waals surface area contributed by atoms with Crippen LogP contribution >= 0.6 is 12.2 Å². The molecule has 1 heterocycles. The predicted octanol–water partition coefficient (Wildman–Crippen LogP) is 3.59. The normalized spacial score (nSPS) is 20.2. The third-order valence-corrected chi connectivity index (χ3v) is 5.51. The fourth-order valence-electron chi connectivity index (χ4n) is 2.91. The monoisotopic (exact) mass is 270 g/mol. The van der Waals surface area contributed by atoms with E-state index in [9.17, 15) is 0 Å². The first kappa shape index (κ1) is 15.9. The second-order valence-corrected chi connectivity index (χ2v) is 7.02. The van der Waals surface area contributed by atoms with E-state index in [-0.39, 0.29) is 5.41 Å². The molecule has 0 radical (unpaired) electrons. The Kier molecular flexibility index (Phi) is 5.60. The fourth-order valence-corrected chi connectivity index (χ4v) is 3.02. The molecule has 0 saturated carbocycles. The summed E-state index contributed by atoms with van der Waals surface area (Å²) in [4.78, 5) is 3.28. The summed E-state index contributed by atoms with van der Waals surface area (Å²) in [5.41, 5.74) is 6.38. The van der Waals surface area contributed by atoms with Crippen LogP contribution in [0, 0.1) is 10.8 Å². The molecule has 0 spiro atoms. The lowest BCUT2D eigenvalue weighted by molar-refractivity contribution is 0.234. The minimum atomic E-state index is 0.0155. The van der Waals surface area contributed by atoms with Crippen LogP contribution < -0.4 is 5.73 Å². The topological polar surface area (TPSA) is 29.3 Å². The molecule has 2 nitrogen and oxygen atoms in total. The van der Waals surface area contributed by atoms with Crippen LogP contribution in [0.15, 0.2) is 0 Å². The Balaban J connectivity index is 2.32. The second kappa shape index (κ2) is 6.33. The van der Waals surface area contributed by atoms with E-state index in [0.29, 0.717) is 10.4 Å². The molecule has 0 aromatic carbocycles. The minimum Gasteiger partial charge on any atom is -0.393 e. The van der Waals surface area contributed by atoms with E-state index in [2.05, 4.69) is 32.6 Å². The Labute approximate surface area is 118 Å². The van der Waals surface area contributed by atoms with Crippen LogP contribution in [0.1, 0.15) is 59.8 Å². The van der Waals surface area contributed by atoms with E-state index >= 15 is 0 Å². The van der Waals surface area contributed by atoms with Crippen molar-refractivity contribution in [3.63, 3.8) is 0 Å². The van der Waals surface area contributed by atoms with Crippen LogP contribution in [-0.2, 0) is 0 Å². The van der Waals surface area contributed by atoms with Gasteiger partial charge in [0.1, 0.15) is 0 Å². The molecule has 1 aliphatic heterocycles. The highest BCUT2D eigenvalue weighted by Crippen LogP contribution is 2.37. The number of nitrogens with zero attached hydrogens (tertiary/aromatic N) is 1. The molecule has 1 aliphatic rings. The lowest BCUT2D eigenvalue weighted by atomic mass is 9.82. The Bertz CT molecular complexity index is 282. The molecule has 1 rings (SSSR count). The lowest BCUT2D eigenvalue weighted by Gasteiger charge is -2.27. The van der Waals surface area contributed by atoms with Gasteiger partial charge in [-0.05, 0) is 50.6 Å². The van der Waals surface area contributed by atoms with Gasteiger partial charge in [0.25, 0.3) is 0 Å². The van der Waals surface area contributed by atoms with Gasteiger partial charge in [0, 0.05) is 12.0 Å². The number of likely N-dealkylation sites (tertiary alicyclic amines) is 1. The Hall–Kier alpha value is -0.150. The number of hydrogen-bond acceptors (Lipinski definition) is 2. The van der Waals surface area contributed by atoms with Crippen LogP contribution in [0.4, 0.5) is 0 Å². The fraction of sp³-hybridized carbons (Fsp3) is 0.933. The van der Waals surface area contributed by atoms with Crippen LogP contribution in [-0.4, -0.2) is 29.5 Å². The SMILES string of the molecule is CCC1(CC)CCN(CCCC(C)(C)C(N)=S)C1.